The smallest absolute Gasteiger partial charge is 0.243 e. The summed E-state index contributed by atoms with van der Waals surface area (Å²) in [6, 6.07) is 9.10. The fourth-order valence-corrected chi connectivity index (χ4v) is 5.25. The first-order valence-electron chi connectivity index (χ1n) is 10.7. The monoisotopic (exact) mass is 432 g/mol. The molecule has 1 aliphatic rings. The number of benzene rings is 1. The van der Waals surface area contributed by atoms with Crippen LogP contribution in [0.1, 0.15) is 38.2 Å². The number of aliphatic imine (C=N–C) groups is 1. The van der Waals surface area contributed by atoms with Gasteiger partial charge in [-0.25, -0.2) is 13.4 Å². The Bertz CT molecular complexity index is 905. The highest BCUT2D eigenvalue weighted by Gasteiger charge is 2.27. The third kappa shape index (κ3) is 6.06. The average Bonchev–Trinajstić information content (AvgIpc) is 3.29. The number of nitrogens with one attached hydrogen (secondary N) is 2. The van der Waals surface area contributed by atoms with E-state index in [2.05, 4.69) is 20.7 Å². The van der Waals surface area contributed by atoms with E-state index in [0.717, 1.165) is 50.9 Å². The van der Waals surface area contributed by atoms with Crippen molar-refractivity contribution in [2.24, 2.45) is 4.99 Å². The summed E-state index contributed by atoms with van der Waals surface area (Å²) >= 11 is 0. The van der Waals surface area contributed by atoms with Crippen molar-refractivity contribution in [1.29, 1.82) is 0 Å². The summed E-state index contributed by atoms with van der Waals surface area (Å²) in [5, 5.41) is 10.7. The van der Waals surface area contributed by atoms with E-state index < -0.39 is 10.0 Å². The lowest BCUT2D eigenvalue weighted by atomic mass is 10.2. The molecule has 1 aromatic carbocycles. The van der Waals surface area contributed by atoms with Crippen molar-refractivity contribution < 1.29 is 8.42 Å². The summed E-state index contributed by atoms with van der Waals surface area (Å²) in [7, 11) is -3.49. The molecule has 0 spiro atoms. The molecule has 164 valence electrons. The zero-order valence-corrected chi connectivity index (χ0v) is 18.4. The molecule has 30 heavy (non-hydrogen) atoms. The van der Waals surface area contributed by atoms with Crippen LogP contribution in [0.5, 0.6) is 0 Å². The molecular weight excluding hydrogens is 400 g/mol. The maximum atomic E-state index is 13.1. The van der Waals surface area contributed by atoms with Gasteiger partial charge >= 0.3 is 0 Å². The molecule has 0 saturated carbocycles. The minimum absolute atomic E-state index is 0.303. The fourth-order valence-electron chi connectivity index (χ4n) is 3.52. The third-order valence-electron chi connectivity index (χ3n) is 5.07. The lowest BCUT2D eigenvalue weighted by Gasteiger charge is -2.26. The Morgan fingerprint density at radius 1 is 1.13 bits per heavy atom. The van der Waals surface area contributed by atoms with Crippen molar-refractivity contribution in [3.8, 4) is 0 Å². The number of piperidine rings is 1. The molecule has 1 fully saturated rings. The van der Waals surface area contributed by atoms with Gasteiger partial charge in [-0.3, -0.25) is 4.68 Å². The van der Waals surface area contributed by atoms with Gasteiger partial charge in [-0.2, -0.15) is 9.40 Å². The van der Waals surface area contributed by atoms with Gasteiger partial charge in [0.05, 0.1) is 11.4 Å². The zero-order valence-electron chi connectivity index (χ0n) is 17.6. The standard InChI is InChI=1S/C21H32N6O2S/c1-2-22-21(23-12-8-14-26-15-9-13-25-26)24-18-19-10-4-5-11-20(19)30(28,29)27-16-6-3-7-17-27/h4-5,9-11,13,15H,2-3,6-8,12,14,16-18H2,1H3,(H2,22,23,24). The van der Waals surface area contributed by atoms with Crippen LogP contribution < -0.4 is 10.6 Å². The molecular formula is C21H32N6O2S. The summed E-state index contributed by atoms with van der Waals surface area (Å²) in [5.41, 5.74) is 0.719. The molecule has 9 heteroatoms. The molecule has 0 aliphatic carbocycles. The largest absolute Gasteiger partial charge is 0.357 e. The molecule has 2 N–H and O–H groups in total. The molecule has 0 amide bonds. The van der Waals surface area contributed by atoms with Crippen LogP contribution in [0.4, 0.5) is 0 Å². The average molecular weight is 433 g/mol. The van der Waals surface area contributed by atoms with Crippen LogP contribution in [-0.4, -0.2) is 54.6 Å². The lowest BCUT2D eigenvalue weighted by Crippen LogP contribution is -2.38. The molecule has 2 aromatic rings. The fraction of sp³-hybridized carbons (Fsp3) is 0.524. The number of aryl methyl sites for hydroxylation is 1. The molecule has 0 bridgehead atoms. The number of guanidine groups is 1. The highest BCUT2D eigenvalue weighted by molar-refractivity contribution is 7.89. The molecule has 1 aromatic heterocycles. The Hall–Kier alpha value is -2.39. The normalized spacial score (nSPS) is 15.8. The highest BCUT2D eigenvalue weighted by Crippen LogP contribution is 2.24. The van der Waals surface area contributed by atoms with Gasteiger partial charge in [0.15, 0.2) is 5.96 Å². The van der Waals surface area contributed by atoms with E-state index >= 15 is 0 Å². The summed E-state index contributed by atoms with van der Waals surface area (Å²) in [5.74, 6) is 0.683. The maximum absolute atomic E-state index is 13.1. The molecule has 1 saturated heterocycles. The summed E-state index contributed by atoms with van der Waals surface area (Å²) < 4.78 is 29.8. The van der Waals surface area contributed by atoms with E-state index in [9.17, 15) is 8.42 Å². The van der Waals surface area contributed by atoms with E-state index in [1.54, 1.807) is 22.6 Å². The van der Waals surface area contributed by atoms with Crippen LogP contribution in [0.2, 0.25) is 0 Å². The number of aromatic nitrogens is 2. The highest BCUT2D eigenvalue weighted by atomic mass is 32.2. The summed E-state index contributed by atoms with van der Waals surface area (Å²) in [6.45, 7) is 5.82. The molecule has 8 nitrogen and oxygen atoms in total. The first-order chi connectivity index (χ1) is 14.6. The summed E-state index contributed by atoms with van der Waals surface area (Å²) in [4.78, 5) is 4.99. The topological polar surface area (TPSA) is 91.6 Å². The van der Waals surface area contributed by atoms with E-state index in [4.69, 9.17) is 0 Å². The van der Waals surface area contributed by atoms with E-state index in [-0.39, 0.29) is 0 Å². The van der Waals surface area contributed by atoms with E-state index in [0.29, 0.717) is 30.5 Å². The van der Waals surface area contributed by atoms with Gasteiger partial charge in [0.1, 0.15) is 0 Å². The second kappa shape index (κ2) is 11.1. The molecule has 0 radical (unpaired) electrons. The Morgan fingerprint density at radius 3 is 2.67 bits per heavy atom. The van der Waals surface area contributed by atoms with Gasteiger partial charge in [0.2, 0.25) is 10.0 Å². The molecule has 0 atom stereocenters. The van der Waals surface area contributed by atoms with Crippen LogP contribution in [-0.2, 0) is 23.1 Å². The van der Waals surface area contributed by atoms with Crippen molar-refractivity contribution in [2.45, 2.75) is 50.6 Å². The SMILES string of the molecule is CCNC(=NCc1ccccc1S(=O)(=O)N1CCCCC1)NCCCn1cccn1. The second-order valence-electron chi connectivity index (χ2n) is 7.32. The van der Waals surface area contributed by atoms with Crippen LogP contribution in [0, 0.1) is 0 Å². The second-order valence-corrected chi connectivity index (χ2v) is 9.22. The predicted molar refractivity (Wildman–Crippen MR) is 119 cm³/mol. The molecule has 0 unspecified atom stereocenters. The van der Waals surface area contributed by atoms with Crippen molar-refractivity contribution in [3.05, 3.63) is 48.3 Å². The first-order valence-corrected chi connectivity index (χ1v) is 12.1. The number of sulfonamides is 1. The van der Waals surface area contributed by atoms with Crippen LogP contribution in [0.25, 0.3) is 0 Å². The number of nitrogens with zero attached hydrogens (tertiary/aromatic N) is 4. The van der Waals surface area contributed by atoms with Gasteiger partial charge in [-0.1, -0.05) is 24.6 Å². The van der Waals surface area contributed by atoms with Crippen molar-refractivity contribution in [1.82, 2.24) is 24.7 Å². The first kappa shape index (κ1) is 22.3. The number of hydrogen-bond acceptors (Lipinski definition) is 4. The quantitative estimate of drug-likeness (QED) is 0.360. The van der Waals surface area contributed by atoms with Crippen LogP contribution >= 0.6 is 0 Å². The Kier molecular flexibility index (Phi) is 8.27. The Balaban J connectivity index is 1.65. The van der Waals surface area contributed by atoms with Crippen LogP contribution in [0.15, 0.2) is 52.6 Å². The van der Waals surface area contributed by atoms with Crippen LogP contribution in [0.3, 0.4) is 0 Å². The van der Waals surface area contributed by atoms with E-state index in [1.807, 2.05) is 36.0 Å². The minimum Gasteiger partial charge on any atom is -0.357 e. The molecule has 2 heterocycles. The van der Waals surface area contributed by atoms with Crippen molar-refractivity contribution in [3.63, 3.8) is 0 Å². The van der Waals surface area contributed by atoms with Gasteiger partial charge in [-0.05, 0) is 43.9 Å². The van der Waals surface area contributed by atoms with Gasteiger partial charge in [0.25, 0.3) is 0 Å². The Labute approximate surface area is 179 Å². The Morgan fingerprint density at radius 2 is 1.93 bits per heavy atom. The third-order valence-corrected chi connectivity index (χ3v) is 7.07. The number of rotatable bonds is 9. The maximum Gasteiger partial charge on any atom is 0.243 e. The zero-order chi connectivity index (χ0) is 21.2. The lowest BCUT2D eigenvalue weighted by molar-refractivity contribution is 0.346. The van der Waals surface area contributed by atoms with E-state index in [1.165, 1.54) is 0 Å². The number of hydrogen-bond donors (Lipinski definition) is 2. The van der Waals surface area contributed by atoms with Gasteiger partial charge in [0, 0.05) is 45.1 Å². The predicted octanol–water partition coefficient (Wildman–Crippen LogP) is 2.20. The molecule has 3 rings (SSSR count). The van der Waals surface area contributed by atoms with Crippen molar-refractivity contribution >= 4 is 16.0 Å². The summed E-state index contributed by atoms with van der Waals surface area (Å²) in [6.07, 6.45) is 7.56. The minimum atomic E-state index is -3.49. The van der Waals surface area contributed by atoms with Gasteiger partial charge < -0.3 is 10.6 Å². The van der Waals surface area contributed by atoms with Gasteiger partial charge in [-0.15, -0.1) is 0 Å². The molecule has 1 aliphatic heterocycles. The van der Waals surface area contributed by atoms with Crippen molar-refractivity contribution in [2.75, 3.05) is 26.2 Å².